The van der Waals surface area contributed by atoms with Crippen molar-refractivity contribution in [3.63, 3.8) is 0 Å². The Morgan fingerprint density at radius 3 is 2.46 bits per heavy atom. The Bertz CT molecular complexity index is 361. The summed E-state index contributed by atoms with van der Waals surface area (Å²) in [5.41, 5.74) is 1.93. The third kappa shape index (κ3) is 2.22. The van der Waals surface area contributed by atoms with Crippen molar-refractivity contribution in [2.75, 3.05) is 0 Å². The second kappa shape index (κ2) is 3.67. The van der Waals surface area contributed by atoms with Crippen LogP contribution in [-0.4, -0.2) is 0 Å². The average Bonchev–Trinajstić information content (AvgIpc) is 2.03. The van der Waals surface area contributed by atoms with Crippen molar-refractivity contribution >= 4 is 22.6 Å². The molecule has 0 aliphatic rings. The van der Waals surface area contributed by atoms with Gasteiger partial charge in [-0.25, -0.2) is 0 Å². The van der Waals surface area contributed by atoms with Crippen LogP contribution in [0.1, 0.15) is 25.0 Å². The normalized spacial score (nSPS) is 11.0. The molecule has 0 radical (unpaired) electrons. The van der Waals surface area contributed by atoms with Crippen molar-refractivity contribution in [2.45, 2.75) is 26.2 Å². The van der Waals surface area contributed by atoms with E-state index in [1.807, 2.05) is 26.0 Å². The number of nitriles is 1. The molecule has 2 heteroatoms. The summed E-state index contributed by atoms with van der Waals surface area (Å²) in [5, 5.41) is 8.99. The molecule has 1 rings (SSSR count). The minimum atomic E-state index is -0.381. The van der Waals surface area contributed by atoms with E-state index < -0.39 is 0 Å². The molecular formula is C11H12IN. The van der Waals surface area contributed by atoms with Gasteiger partial charge in [0, 0.05) is 3.57 Å². The van der Waals surface area contributed by atoms with Crippen LogP contribution in [0.25, 0.3) is 0 Å². The number of nitrogens with zero attached hydrogens (tertiary/aromatic N) is 1. The Morgan fingerprint density at radius 2 is 2.00 bits per heavy atom. The minimum absolute atomic E-state index is 0.381. The first kappa shape index (κ1) is 10.5. The van der Waals surface area contributed by atoms with E-state index in [4.69, 9.17) is 5.26 Å². The highest BCUT2D eigenvalue weighted by molar-refractivity contribution is 14.1. The summed E-state index contributed by atoms with van der Waals surface area (Å²) < 4.78 is 1.22. The lowest BCUT2D eigenvalue weighted by Gasteiger charge is -2.18. The Kier molecular flexibility index (Phi) is 2.97. The zero-order valence-electron chi connectivity index (χ0n) is 8.06. The summed E-state index contributed by atoms with van der Waals surface area (Å²) in [6, 6.07) is 8.51. The largest absolute Gasteiger partial charge is 0.197 e. The molecule has 0 aromatic heterocycles. The smallest absolute Gasteiger partial charge is 0.0768 e. The summed E-state index contributed by atoms with van der Waals surface area (Å²) in [6.07, 6.45) is 0. The fraction of sp³-hybridized carbons (Fsp3) is 0.364. The average molecular weight is 285 g/mol. The molecule has 0 saturated heterocycles. The summed E-state index contributed by atoms with van der Waals surface area (Å²) >= 11 is 2.28. The highest BCUT2D eigenvalue weighted by Crippen LogP contribution is 2.26. The highest BCUT2D eigenvalue weighted by Gasteiger charge is 2.21. The first-order valence-corrected chi connectivity index (χ1v) is 5.23. The van der Waals surface area contributed by atoms with Crippen LogP contribution in [0.5, 0.6) is 0 Å². The number of benzene rings is 1. The van der Waals surface area contributed by atoms with Gasteiger partial charge in [0.25, 0.3) is 0 Å². The molecule has 0 bridgehead atoms. The van der Waals surface area contributed by atoms with E-state index in [2.05, 4.69) is 41.7 Å². The van der Waals surface area contributed by atoms with Crippen molar-refractivity contribution in [1.82, 2.24) is 0 Å². The van der Waals surface area contributed by atoms with Crippen LogP contribution >= 0.6 is 22.6 Å². The van der Waals surface area contributed by atoms with Gasteiger partial charge in [-0.2, -0.15) is 5.26 Å². The highest BCUT2D eigenvalue weighted by atomic mass is 127. The predicted octanol–water partition coefficient (Wildman–Crippen LogP) is 3.40. The van der Waals surface area contributed by atoms with Gasteiger partial charge in [0.15, 0.2) is 0 Å². The van der Waals surface area contributed by atoms with Gasteiger partial charge in [-0.1, -0.05) is 6.07 Å². The predicted molar refractivity (Wildman–Crippen MR) is 62.5 cm³/mol. The first-order valence-electron chi connectivity index (χ1n) is 4.15. The Balaban J connectivity index is 3.26. The van der Waals surface area contributed by atoms with Crippen molar-refractivity contribution in [3.8, 4) is 6.07 Å². The first-order chi connectivity index (χ1) is 5.97. The van der Waals surface area contributed by atoms with Gasteiger partial charge in [-0.15, -0.1) is 0 Å². The number of hydrogen-bond acceptors (Lipinski definition) is 1. The van der Waals surface area contributed by atoms with E-state index in [-0.39, 0.29) is 5.41 Å². The van der Waals surface area contributed by atoms with Crippen LogP contribution in [0.2, 0.25) is 0 Å². The summed E-state index contributed by atoms with van der Waals surface area (Å²) in [4.78, 5) is 0. The molecule has 1 aromatic carbocycles. The van der Waals surface area contributed by atoms with Crippen molar-refractivity contribution in [2.24, 2.45) is 0 Å². The zero-order chi connectivity index (χ0) is 10.1. The van der Waals surface area contributed by atoms with Crippen molar-refractivity contribution in [3.05, 3.63) is 32.9 Å². The second-order valence-electron chi connectivity index (χ2n) is 3.70. The van der Waals surface area contributed by atoms with Gasteiger partial charge in [0.05, 0.1) is 11.5 Å². The fourth-order valence-corrected chi connectivity index (χ4v) is 2.04. The number of hydrogen-bond donors (Lipinski definition) is 0. The van der Waals surface area contributed by atoms with Crippen LogP contribution in [-0.2, 0) is 5.41 Å². The molecule has 0 fully saturated rings. The molecule has 13 heavy (non-hydrogen) atoms. The number of halogens is 1. The van der Waals surface area contributed by atoms with Crippen molar-refractivity contribution in [1.29, 1.82) is 5.26 Å². The monoisotopic (exact) mass is 285 g/mol. The summed E-state index contributed by atoms with van der Waals surface area (Å²) in [7, 11) is 0. The third-order valence-electron chi connectivity index (χ3n) is 2.14. The molecule has 1 nitrogen and oxygen atoms in total. The van der Waals surface area contributed by atoms with Gasteiger partial charge in [-0.05, 0) is 66.6 Å². The van der Waals surface area contributed by atoms with Gasteiger partial charge < -0.3 is 0 Å². The van der Waals surface area contributed by atoms with Gasteiger partial charge in [0.1, 0.15) is 0 Å². The quantitative estimate of drug-likeness (QED) is 0.725. The van der Waals surface area contributed by atoms with Crippen LogP contribution < -0.4 is 0 Å². The summed E-state index contributed by atoms with van der Waals surface area (Å²) in [6.45, 7) is 5.95. The lowest BCUT2D eigenvalue weighted by atomic mass is 9.84. The topological polar surface area (TPSA) is 23.8 Å². The maximum absolute atomic E-state index is 8.99. The molecule has 0 unspecified atom stereocenters. The fourth-order valence-electron chi connectivity index (χ4n) is 1.39. The lowest BCUT2D eigenvalue weighted by Crippen LogP contribution is -2.15. The van der Waals surface area contributed by atoms with Crippen LogP contribution in [0.15, 0.2) is 18.2 Å². The van der Waals surface area contributed by atoms with Crippen LogP contribution in [0.4, 0.5) is 0 Å². The van der Waals surface area contributed by atoms with E-state index in [1.54, 1.807) is 0 Å². The van der Waals surface area contributed by atoms with Crippen LogP contribution in [0.3, 0.4) is 0 Å². The van der Waals surface area contributed by atoms with Gasteiger partial charge in [-0.3, -0.25) is 0 Å². The maximum Gasteiger partial charge on any atom is 0.0768 e. The lowest BCUT2D eigenvalue weighted by molar-refractivity contribution is 0.681. The Morgan fingerprint density at radius 1 is 1.38 bits per heavy atom. The molecule has 0 N–H and O–H groups in total. The molecule has 68 valence electrons. The number of aryl methyl sites for hydroxylation is 1. The second-order valence-corrected chi connectivity index (χ2v) is 4.94. The molecule has 0 aliphatic heterocycles. The van der Waals surface area contributed by atoms with E-state index >= 15 is 0 Å². The molecule has 0 saturated carbocycles. The molecule has 0 spiro atoms. The molecule has 0 aliphatic carbocycles. The van der Waals surface area contributed by atoms with Gasteiger partial charge in [0.2, 0.25) is 0 Å². The molecule has 0 atom stereocenters. The number of rotatable bonds is 1. The Labute approximate surface area is 92.9 Å². The van der Waals surface area contributed by atoms with Crippen LogP contribution in [0, 0.1) is 21.8 Å². The zero-order valence-corrected chi connectivity index (χ0v) is 10.2. The standard InChI is InChI=1S/C11H12IN/c1-8-6-9(12)4-5-10(8)11(2,3)7-13/h4-6H,1-3H3. The molecular weight excluding hydrogens is 273 g/mol. The Hall–Kier alpha value is -0.560. The van der Waals surface area contributed by atoms with E-state index in [0.717, 1.165) is 5.56 Å². The maximum atomic E-state index is 8.99. The SMILES string of the molecule is Cc1cc(I)ccc1C(C)(C)C#N. The minimum Gasteiger partial charge on any atom is -0.197 e. The summed E-state index contributed by atoms with van der Waals surface area (Å²) in [5.74, 6) is 0. The third-order valence-corrected chi connectivity index (χ3v) is 2.81. The van der Waals surface area contributed by atoms with E-state index in [1.165, 1.54) is 9.13 Å². The van der Waals surface area contributed by atoms with Crippen molar-refractivity contribution < 1.29 is 0 Å². The van der Waals surface area contributed by atoms with Gasteiger partial charge >= 0.3 is 0 Å². The van der Waals surface area contributed by atoms with E-state index in [0.29, 0.717) is 0 Å². The van der Waals surface area contributed by atoms with E-state index in [9.17, 15) is 0 Å². The molecule has 0 heterocycles. The molecule has 1 aromatic rings. The molecule has 0 amide bonds.